The highest BCUT2D eigenvalue weighted by atomic mass is 32.1. The quantitative estimate of drug-likeness (QED) is 0.586. The smallest absolute Gasteiger partial charge is 0.341 e. The number of benzene rings is 1. The zero-order valence-corrected chi connectivity index (χ0v) is 16.8. The Morgan fingerprint density at radius 2 is 1.88 bits per heavy atom. The molecule has 0 aliphatic heterocycles. The summed E-state index contributed by atoms with van der Waals surface area (Å²) in [6.45, 7) is 7.54. The Balaban J connectivity index is 2.42. The Labute approximate surface area is 162 Å². The van der Waals surface area contributed by atoms with Crippen LogP contribution in [0.4, 0.5) is 5.00 Å². The van der Waals surface area contributed by atoms with E-state index in [1.165, 1.54) is 11.3 Å². The minimum Gasteiger partial charge on any atom is -0.462 e. The number of hydrogen-bond donors (Lipinski definition) is 2. The monoisotopic (exact) mass is 390 g/mol. The molecule has 1 amide bonds. The van der Waals surface area contributed by atoms with Crippen LogP contribution in [0.1, 0.15) is 36.0 Å². The number of anilines is 1. The van der Waals surface area contributed by atoms with Crippen molar-refractivity contribution < 1.29 is 14.3 Å². The van der Waals surface area contributed by atoms with Crippen molar-refractivity contribution >= 4 is 45.5 Å². The van der Waals surface area contributed by atoms with E-state index in [9.17, 15) is 9.59 Å². The van der Waals surface area contributed by atoms with Gasteiger partial charge in [-0.3, -0.25) is 4.79 Å². The average molecular weight is 391 g/mol. The molecule has 1 heterocycles. The lowest BCUT2D eigenvalue weighted by atomic mass is 10.0. The SMILES string of the molecule is CCOC(=O)c1c(NC(=S)NC(=O)C(C)C)sc(C)c1-c1ccccc1. The summed E-state index contributed by atoms with van der Waals surface area (Å²) in [5.41, 5.74) is 2.17. The molecule has 0 aliphatic carbocycles. The molecule has 0 saturated carbocycles. The topological polar surface area (TPSA) is 67.4 Å². The van der Waals surface area contributed by atoms with Crippen LogP contribution in [0.3, 0.4) is 0 Å². The number of esters is 1. The molecule has 2 N–H and O–H groups in total. The van der Waals surface area contributed by atoms with Crippen molar-refractivity contribution in [2.45, 2.75) is 27.7 Å². The third-order valence-electron chi connectivity index (χ3n) is 3.61. The average Bonchev–Trinajstić information content (AvgIpc) is 2.91. The van der Waals surface area contributed by atoms with Crippen LogP contribution in [0.15, 0.2) is 30.3 Å². The van der Waals surface area contributed by atoms with Crippen LogP contribution in [0, 0.1) is 12.8 Å². The number of aryl methyl sites for hydroxylation is 1. The van der Waals surface area contributed by atoms with E-state index in [-0.39, 0.29) is 23.5 Å². The summed E-state index contributed by atoms with van der Waals surface area (Å²) >= 11 is 6.63. The second kappa shape index (κ2) is 8.91. The number of nitrogens with one attached hydrogen (secondary N) is 2. The molecule has 0 fully saturated rings. The lowest BCUT2D eigenvalue weighted by Crippen LogP contribution is -2.36. The second-order valence-corrected chi connectivity index (χ2v) is 7.55. The summed E-state index contributed by atoms with van der Waals surface area (Å²) in [5, 5.41) is 6.34. The molecule has 2 rings (SSSR count). The van der Waals surface area contributed by atoms with E-state index >= 15 is 0 Å². The van der Waals surface area contributed by atoms with Gasteiger partial charge in [-0.15, -0.1) is 11.3 Å². The highest BCUT2D eigenvalue weighted by Gasteiger charge is 2.25. The van der Waals surface area contributed by atoms with Gasteiger partial charge in [-0.25, -0.2) is 4.79 Å². The van der Waals surface area contributed by atoms with Crippen LogP contribution in [0.25, 0.3) is 11.1 Å². The van der Waals surface area contributed by atoms with Gasteiger partial charge in [0.1, 0.15) is 10.6 Å². The van der Waals surface area contributed by atoms with E-state index < -0.39 is 5.97 Å². The van der Waals surface area contributed by atoms with E-state index in [4.69, 9.17) is 17.0 Å². The summed E-state index contributed by atoms with van der Waals surface area (Å²) in [6, 6.07) is 9.65. The number of carbonyl (C=O) groups excluding carboxylic acids is 2. The number of rotatable bonds is 5. The zero-order valence-electron chi connectivity index (χ0n) is 15.2. The molecule has 0 saturated heterocycles. The third kappa shape index (κ3) is 4.68. The first-order valence-electron chi connectivity index (χ1n) is 8.32. The van der Waals surface area contributed by atoms with Crippen LogP contribution in [0.5, 0.6) is 0 Å². The van der Waals surface area contributed by atoms with E-state index in [0.717, 1.165) is 16.0 Å². The minimum absolute atomic E-state index is 0.162. The Morgan fingerprint density at radius 1 is 1.23 bits per heavy atom. The van der Waals surface area contributed by atoms with Crippen molar-refractivity contribution in [3.8, 4) is 11.1 Å². The lowest BCUT2D eigenvalue weighted by Gasteiger charge is -2.12. The van der Waals surface area contributed by atoms with E-state index in [1.807, 2.05) is 37.3 Å². The molecule has 26 heavy (non-hydrogen) atoms. The van der Waals surface area contributed by atoms with Crippen molar-refractivity contribution in [1.82, 2.24) is 5.32 Å². The van der Waals surface area contributed by atoms with Crippen LogP contribution in [0.2, 0.25) is 0 Å². The van der Waals surface area contributed by atoms with Crippen LogP contribution in [-0.4, -0.2) is 23.6 Å². The van der Waals surface area contributed by atoms with Gasteiger partial charge < -0.3 is 15.4 Å². The molecule has 138 valence electrons. The highest BCUT2D eigenvalue weighted by Crippen LogP contribution is 2.40. The molecule has 0 spiro atoms. The largest absolute Gasteiger partial charge is 0.462 e. The van der Waals surface area contributed by atoms with Crippen LogP contribution < -0.4 is 10.6 Å². The fourth-order valence-electron chi connectivity index (χ4n) is 2.37. The first-order chi connectivity index (χ1) is 12.3. The van der Waals surface area contributed by atoms with Crippen molar-refractivity contribution in [3.63, 3.8) is 0 Å². The van der Waals surface area contributed by atoms with E-state index in [1.54, 1.807) is 20.8 Å². The van der Waals surface area contributed by atoms with Gasteiger partial charge in [0.15, 0.2) is 5.11 Å². The fraction of sp³-hybridized carbons (Fsp3) is 0.316. The van der Waals surface area contributed by atoms with Gasteiger partial charge >= 0.3 is 5.97 Å². The van der Waals surface area contributed by atoms with Gasteiger partial charge in [-0.2, -0.15) is 0 Å². The van der Waals surface area contributed by atoms with Gasteiger partial charge in [-0.05, 0) is 31.6 Å². The summed E-state index contributed by atoms with van der Waals surface area (Å²) in [7, 11) is 0. The molecule has 0 bridgehead atoms. The Hall–Kier alpha value is -2.25. The highest BCUT2D eigenvalue weighted by molar-refractivity contribution is 7.80. The van der Waals surface area contributed by atoms with Gasteiger partial charge in [0.05, 0.1) is 6.61 Å². The van der Waals surface area contributed by atoms with Gasteiger partial charge in [0.2, 0.25) is 5.91 Å². The molecular formula is C19H22N2O3S2. The zero-order chi connectivity index (χ0) is 19.3. The molecule has 0 atom stereocenters. The number of hydrogen-bond acceptors (Lipinski definition) is 5. The maximum atomic E-state index is 12.6. The number of ether oxygens (including phenoxy) is 1. The Bertz CT molecular complexity index is 814. The minimum atomic E-state index is -0.420. The normalized spacial score (nSPS) is 10.5. The van der Waals surface area contributed by atoms with Gasteiger partial charge in [-0.1, -0.05) is 44.2 Å². The lowest BCUT2D eigenvalue weighted by molar-refractivity contribution is -0.122. The van der Waals surface area contributed by atoms with Crippen molar-refractivity contribution in [3.05, 3.63) is 40.8 Å². The predicted molar refractivity (Wildman–Crippen MR) is 110 cm³/mol. The molecule has 1 aromatic heterocycles. The molecule has 2 aromatic rings. The van der Waals surface area contributed by atoms with Gasteiger partial charge in [0, 0.05) is 16.4 Å². The molecule has 0 aliphatic rings. The fourth-order valence-corrected chi connectivity index (χ4v) is 3.71. The standard InChI is InChI=1S/C19H22N2O3S2/c1-5-24-18(23)15-14(13-9-7-6-8-10-13)12(4)26-17(15)21-19(25)20-16(22)11(2)3/h6-11H,5H2,1-4H3,(H2,20,21,22,25). The first-order valence-corrected chi connectivity index (χ1v) is 9.55. The summed E-state index contributed by atoms with van der Waals surface area (Å²) in [5.74, 6) is -0.794. The molecule has 5 nitrogen and oxygen atoms in total. The third-order valence-corrected chi connectivity index (χ3v) is 4.84. The molecule has 7 heteroatoms. The number of carbonyl (C=O) groups is 2. The molecule has 1 aromatic carbocycles. The molecular weight excluding hydrogens is 368 g/mol. The summed E-state index contributed by atoms with van der Waals surface area (Å²) in [4.78, 5) is 25.4. The first kappa shape index (κ1) is 20.1. The maximum absolute atomic E-state index is 12.6. The van der Waals surface area contributed by atoms with E-state index in [0.29, 0.717) is 10.6 Å². The predicted octanol–water partition coefficient (Wildman–Crippen LogP) is 4.37. The van der Waals surface area contributed by atoms with Gasteiger partial charge in [0.25, 0.3) is 0 Å². The molecule has 0 unspecified atom stereocenters. The number of amides is 1. The van der Waals surface area contributed by atoms with Crippen molar-refractivity contribution in [1.29, 1.82) is 0 Å². The van der Waals surface area contributed by atoms with E-state index in [2.05, 4.69) is 10.6 Å². The number of thiocarbonyl (C=S) groups is 1. The van der Waals surface area contributed by atoms with Crippen LogP contribution in [-0.2, 0) is 9.53 Å². The Morgan fingerprint density at radius 3 is 2.46 bits per heavy atom. The molecule has 0 radical (unpaired) electrons. The number of thiophene rings is 1. The summed E-state index contributed by atoms with van der Waals surface area (Å²) in [6.07, 6.45) is 0. The maximum Gasteiger partial charge on any atom is 0.341 e. The van der Waals surface area contributed by atoms with Crippen LogP contribution >= 0.6 is 23.6 Å². The summed E-state index contributed by atoms with van der Waals surface area (Å²) < 4.78 is 5.24. The second-order valence-electron chi connectivity index (χ2n) is 5.92. The Kier molecular flexibility index (Phi) is 6.88. The van der Waals surface area contributed by atoms with Crippen molar-refractivity contribution in [2.24, 2.45) is 5.92 Å². The van der Waals surface area contributed by atoms with Crippen molar-refractivity contribution in [2.75, 3.05) is 11.9 Å².